The maximum atomic E-state index is 13.2. The molecule has 0 unspecified atom stereocenters. The van der Waals surface area contributed by atoms with Crippen LogP contribution in [0.25, 0.3) is 10.8 Å². The summed E-state index contributed by atoms with van der Waals surface area (Å²) in [6.45, 7) is 0. The van der Waals surface area contributed by atoms with E-state index < -0.39 is 16.0 Å². The van der Waals surface area contributed by atoms with Crippen LogP contribution in [0.15, 0.2) is 89.8 Å². The summed E-state index contributed by atoms with van der Waals surface area (Å²) in [5.74, 6) is -0.942. The van der Waals surface area contributed by atoms with Crippen molar-refractivity contribution >= 4 is 38.1 Å². The smallest absolute Gasteiger partial charge is 0.335 e. The molecule has 0 atom stereocenters. The molecule has 0 aromatic heterocycles. The van der Waals surface area contributed by atoms with Gasteiger partial charge in [-0.05, 0) is 60.4 Å². The minimum absolute atomic E-state index is 0.232. The quantitative estimate of drug-likeness (QED) is 0.367. The van der Waals surface area contributed by atoms with E-state index >= 15 is 0 Å². The molecule has 0 saturated heterocycles. The zero-order valence-electron chi connectivity index (χ0n) is 19.0. The Bertz CT molecular complexity index is 1450. The van der Waals surface area contributed by atoms with Gasteiger partial charge in [0, 0.05) is 36.2 Å². The van der Waals surface area contributed by atoms with Crippen LogP contribution < -0.4 is 9.62 Å². The Morgan fingerprint density at radius 2 is 1.47 bits per heavy atom. The highest BCUT2D eigenvalue weighted by Crippen LogP contribution is 2.31. The summed E-state index contributed by atoms with van der Waals surface area (Å²) >= 11 is 0. The molecule has 6 nitrogen and oxygen atoms in total. The number of sulfonamides is 1. The molecule has 4 rings (SSSR count). The standard InChI is InChI=1S/C27H26N2O4S/c1-29(2)25-10-4-9-24-23(25)8-5-11-26(24)34(32,33)28-22-16-14-19(15-17-22)12-13-20-6-3-7-21(18-20)27(30)31/h3-11,14-18,28H,12-13H2,1-2H3,(H,30,31). The summed E-state index contributed by atoms with van der Waals surface area (Å²) in [4.78, 5) is 13.3. The minimum Gasteiger partial charge on any atom is -0.478 e. The second-order valence-corrected chi connectivity index (χ2v) is 9.98. The average molecular weight is 475 g/mol. The fraction of sp³-hybridized carbons (Fsp3) is 0.148. The summed E-state index contributed by atoms with van der Waals surface area (Å²) in [7, 11) is 0.0708. The molecule has 174 valence electrons. The van der Waals surface area contributed by atoms with E-state index in [4.69, 9.17) is 5.11 Å². The Hall–Kier alpha value is -3.84. The van der Waals surface area contributed by atoms with Gasteiger partial charge >= 0.3 is 5.97 Å². The van der Waals surface area contributed by atoms with Crippen LogP contribution >= 0.6 is 0 Å². The molecule has 0 saturated carbocycles. The van der Waals surface area contributed by atoms with E-state index in [0.717, 1.165) is 22.2 Å². The van der Waals surface area contributed by atoms with Crippen molar-refractivity contribution in [1.82, 2.24) is 0 Å². The summed E-state index contributed by atoms with van der Waals surface area (Å²) in [5.41, 5.74) is 3.68. The van der Waals surface area contributed by atoms with Gasteiger partial charge < -0.3 is 10.0 Å². The van der Waals surface area contributed by atoms with E-state index in [1.807, 2.05) is 61.5 Å². The van der Waals surface area contributed by atoms with Crippen LogP contribution in [0.3, 0.4) is 0 Å². The van der Waals surface area contributed by atoms with Gasteiger partial charge in [0.05, 0.1) is 10.5 Å². The number of benzene rings is 4. The molecular formula is C27H26N2O4S. The van der Waals surface area contributed by atoms with E-state index in [9.17, 15) is 13.2 Å². The maximum Gasteiger partial charge on any atom is 0.335 e. The van der Waals surface area contributed by atoms with Crippen LogP contribution in [0.1, 0.15) is 21.5 Å². The second kappa shape index (κ2) is 9.57. The largest absolute Gasteiger partial charge is 0.478 e. The van der Waals surface area contributed by atoms with Crippen molar-refractivity contribution in [2.75, 3.05) is 23.7 Å². The molecule has 0 bridgehead atoms. The van der Waals surface area contributed by atoms with Crippen molar-refractivity contribution in [3.63, 3.8) is 0 Å². The Labute approximate surface area is 199 Å². The van der Waals surface area contributed by atoms with Gasteiger partial charge in [0.15, 0.2) is 0 Å². The van der Waals surface area contributed by atoms with E-state index in [1.165, 1.54) is 0 Å². The third-order valence-electron chi connectivity index (χ3n) is 5.71. The number of aromatic carboxylic acids is 1. The van der Waals surface area contributed by atoms with Crippen LogP contribution in [-0.2, 0) is 22.9 Å². The van der Waals surface area contributed by atoms with E-state index in [1.54, 1.807) is 42.5 Å². The maximum absolute atomic E-state index is 13.2. The Morgan fingerprint density at radius 1 is 0.824 bits per heavy atom. The van der Waals surface area contributed by atoms with Gasteiger partial charge in [-0.2, -0.15) is 0 Å². The molecule has 0 heterocycles. The van der Waals surface area contributed by atoms with Crippen molar-refractivity contribution in [1.29, 1.82) is 0 Å². The third kappa shape index (κ3) is 5.05. The van der Waals surface area contributed by atoms with Crippen molar-refractivity contribution in [2.24, 2.45) is 0 Å². The van der Waals surface area contributed by atoms with E-state index in [2.05, 4.69) is 4.72 Å². The highest BCUT2D eigenvalue weighted by atomic mass is 32.2. The number of fused-ring (bicyclic) bond motifs is 1. The zero-order chi connectivity index (χ0) is 24.3. The highest BCUT2D eigenvalue weighted by molar-refractivity contribution is 7.93. The lowest BCUT2D eigenvalue weighted by atomic mass is 10.0. The number of aryl methyl sites for hydroxylation is 2. The molecule has 34 heavy (non-hydrogen) atoms. The van der Waals surface area contributed by atoms with Gasteiger partial charge in [-0.1, -0.05) is 48.5 Å². The van der Waals surface area contributed by atoms with Gasteiger partial charge in [0.1, 0.15) is 0 Å². The van der Waals surface area contributed by atoms with Crippen LogP contribution in [0, 0.1) is 0 Å². The van der Waals surface area contributed by atoms with Crippen molar-refractivity contribution < 1.29 is 18.3 Å². The lowest BCUT2D eigenvalue weighted by Gasteiger charge is -2.17. The number of nitrogens with one attached hydrogen (secondary N) is 1. The van der Waals surface area contributed by atoms with Gasteiger partial charge in [-0.15, -0.1) is 0 Å². The first-order valence-corrected chi connectivity index (χ1v) is 12.4. The zero-order valence-corrected chi connectivity index (χ0v) is 19.8. The molecule has 0 radical (unpaired) electrons. The Morgan fingerprint density at radius 3 is 2.18 bits per heavy atom. The van der Waals surface area contributed by atoms with E-state index in [0.29, 0.717) is 23.9 Å². The monoisotopic (exact) mass is 474 g/mol. The molecule has 0 aliphatic carbocycles. The van der Waals surface area contributed by atoms with Crippen molar-refractivity contribution in [2.45, 2.75) is 17.7 Å². The van der Waals surface area contributed by atoms with Gasteiger partial charge in [-0.25, -0.2) is 13.2 Å². The second-order valence-electron chi connectivity index (χ2n) is 8.33. The molecule has 7 heteroatoms. The SMILES string of the molecule is CN(C)c1cccc2c(S(=O)(=O)Nc3ccc(CCc4cccc(C(=O)O)c4)cc3)cccc12. The van der Waals surface area contributed by atoms with Crippen LogP contribution in [0.5, 0.6) is 0 Å². The number of nitrogens with zero attached hydrogens (tertiary/aromatic N) is 1. The Balaban J connectivity index is 1.51. The Kier molecular flexibility index (Phi) is 6.56. The number of carboxylic acids is 1. The first-order chi connectivity index (χ1) is 16.2. The fourth-order valence-corrected chi connectivity index (χ4v) is 5.27. The topological polar surface area (TPSA) is 86.7 Å². The molecule has 0 aliphatic heterocycles. The van der Waals surface area contributed by atoms with Crippen LogP contribution in [0.2, 0.25) is 0 Å². The van der Waals surface area contributed by atoms with Crippen molar-refractivity contribution in [3.8, 4) is 0 Å². The highest BCUT2D eigenvalue weighted by Gasteiger charge is 2.18. The summed E-state index contributed by atoms with van der Waals surface area (Å²) in [6, 6.07) is 25.1. The molecule has 2 N–H and O–H groups in total. The number of carbonyl (C=O) groups is 1. The lowest BCUT2D eigenvalue weighted by Crippen LogP contribution is -2.14. The molecule has 0 fully saturated rings. The lowest BCUT2D eigenvalue weighted by molar-refractivity contribution is 0.0696. The molecular weight excluding hydrogens is 448 g/mol. The number of hydrogen-bond donors (Lipinski definition) is 2. The van der Waals surface area contributed by atoms with Crippen LogP contribution in [0.4, 0.5) is 11.4 Å². The van der Waals surface area contributed by atoms with Gasteiger partial charge in [-0.3, -0.25) is 4.72 Å². The number of rotatable bonds is 8. The number of anilines is 2. The number of carboxylic acid groups (broad SMARTS) is 1. The summed E-state index contributed by atoms with van der Waals surface area (Å²) in [6.07, 6.45) is 1.41. The van der Waals surface area contributed by atoms with Crippen molar-refractivity contribution in [3.05, 3.63) is 102 Å². The predicted molar refractivity (Wildman–Crippen MR) is 136 cm³/mol. The molecule has 4 aromatic carbocycles. The minimum atomic E-state index is -3.79. The van der Waals surface area contributed by atoms with Gasteiger partial charge in [0.25, 0.3) is 10.0 Å². The van der Waals surface area contributed by atoms with Crippen LogP contribution in [-0.4, -0.2) is 33.6 Å². The average Bonchev–Trinajstić information content (AvgIpc) is 2.82. The third-order valence-corrected chi connectivity index (χ3v) is 7.15. The molecule has 0 aliphatic rings. The number of hydrogen-bond acceptors (Lipinski definition) is 4. The molecule has 0 amide bonds. The summed E-state index contributed by atoms with van der Waals surface area (Å²) in [5, 5.41) is 10.7. The molecule has 4 aromatic rings. The summed E-state index contributed by atoms with van der Waals surface area (Å²) < 4.78 is 29.1. The first-order valence-electron chi connectivity index (χ1n) is 10.9. The van der Waals surface area contributed by atoms with Gasteiger partial charge in [0.2, 0.25) is 0 Å². The first kappa shape index (κ1) is 23.3. The fourth-order valence-electron chi connectivity index (χ4n) is 3.99. The normalized spacial score (nSPS) is 11.4. The predicted octanol–water partition coefficient (Wildman–Crippen LogP) is 5.19. The molecule has 0 spiro atoms. The van der Waals surface area contributed by atoms with E-state index in [-0.39, 0.29) is 10.5 Å².